The number of rotatable bonds is 7. The largest absolute Gasteiger partial charge is 0.506 e. The Hall–Kier alpha value is -5.24. The molecule has 4 fully saturated rings. The highest BCUT2D eigenvalue weighted by molar-refractivity contribution is 5.84. The fourth-order valence-corrected chi connectivity index (χ4v) is 7.21. The van der Waals surface area contributed by atoms with Crippen molar-refractivity contribution in [2.24, 2.45) is 0 Å². The summed E-state index contributed by atoms with van der Waals surface area (Å²) >= 11 is 0. The second-order valence-electron chi connectivity index (χ2n) is 14.6. The molecule has 4 aliphatic heterocycles. The molecule has 0 saturated carbocycles. The molecule has 2 atom stereocenters. The van der Waals surface area contributed by atoms with Gasteiger partial charge in [0.2, 0.25) is 5.91 Å². The Labute approximate surface area is 337 Å². The van der Waals surface area contributed by atoms with Crippen molar-refractivity contribution in [2.75, 3.05) is 75.2 Å². The van der Waals surface area contributed by atoms with E-state index in [0.29, 0.717) is 26.1 Å². The number of carbonyl (C=O) groups excluding carboxylic acids is 2. The molecule has 4 saturated heterocycles. The van der Waals surface area contributed by atoms with Crippen LogP contribution in [-0.4, -0.2) is 129 Å². The molecule has 0 aliphatic carbocycles. The number of aliphatic hydroxyl groups is 1. The van der Waals surface area contributed by atoms with Crippen LogP contribution >= 0.6 is 0 Å². The molecule has 57 heavy (non-hydrogen) atoms. The molecule has 2 aromatic carbocycles. The van der Waals surface area contributed by atoms with Crippen molar-refractivity contribution >= 4 is 23.5 Å². The topological polar surface area (TPSA) is 149 Å². The first-order chi connectivity index (χ1) is 27.6. The zero-order chi connectivity index (χ0) is 40.7. The highest BCUT2D eigenvalue weighted by atomic mass is 16.3. The number of aliphatic hydroxyl groups excluding tert-OH is 1. The number of benzene rings is 2. The van der Waals surface area contributed by atoms with E-state index in [1.165, 1.54) is 29.1 Å². The van der Waals surface area contributed by atoms with Gasteiger partial charge in [0, 0.05) is 78.5 Å². The molecule has 6 heterocycles. The second kappa shape index (κ2) is 21.3. The van der Waals surface area contributed by atoms with Gasteiger partial charge in [0.15, 0.2) is 0 Å². The normalized spacial score (nSPS) is 19.6. The predicted molar refractivity (Wildman–Crippen MR) is 224 cm³/mol. The molecule has 0 spiro atoms. The number of anilines is 2. The van der Waals surface area contributed by atoms with Gasteiger partial charge in [-0.1, -0.05) is 73.5 Å². The zero-order valence-electron chi connectivity index (χ0n) is 33.9. The van der Waals surface area contributed by atoms with Gasteiger partial charge in [-0.2, -0.15) is 0 Å². The lowest BCUT2D eigenvalue weighted by Gasteiger charge is -2.37. The monoisotopic (exact) mass is 780 g/mol. The predicted octanol–water partition coefficient (Wildman–Crippen LogP) is 4.33. The molecule has 4 aromatic rings. The number of hydrogen-bond acceptors (Lipinski definition) is 11. The number of amides is 2. The van der Waals surface area contributed by atoms with Gasteiger partial charge in [0.05, 0.1) is 18.4 Å². The highest BCUT2D eigenvalue weighted by Crippen LogP contribution is 2.23. The Kier molecular flexibility index (Phi) is 16.1. The van der Waals surface area contributed by atoms with Crippen LogP contribution in [0.3, 0.4) is 0 Å². The molecule has 8 rings (SSSR count). The zero-order valence-corrected chi connectivity index (χ0v) is 33.9. The van der Waals surface area contributed by atoms with Crippen LogP contribution in [0, 0.1) is 13.8 Å². The van der Waals surface area contributed by atoms with Crippen LogP contribution in [0.2, 0.25) is 0 Å². The van der Waals surface area contributed by atoms with E-state index in [2.05, 4.69) is 61.2 Å². The SMILES string of the molecule is CC.Cc1ccc(CN2CCC(N3CCN(c4ccc(O)cn4)CC3)C2=O)cc1.Cc1ccc(CN2CC[C@H](O)C2=O)cc1.Oc1ccc(N2CCNCC2)nc1. The fraction of sp³-hybridized carbons (Fsp3) is 0.455. The number of aryl methyl sites for hydroxylation is 2. The van der Waals surface area contributed by atoms with E-state index in [1.807, 2.05) is 62.1 Å². The third kappa shape index (κ3) is 12.4. The van der Waals surface area contributed by atoms with Crippen LogP contribution in [0.25, 0.3) is 0 Å². The molecule has 13 heteroatoms. The van der Waals surface area contributed by atoms with Crippen LogP contribution in [0.1, 0.15) is 48.9 Å². The van der Waals surface area contributed by atoms with E-state index in [9.17, 15) is 19.8 Å². The highest BCUT2D eigenvalue weighted by Gasteiger charge is 2.37. The van der Waals surface area contributed by atoms with Gasteiger partial charge in [0.1, 0.15) is 29.2 Å². The van der Waals surface area contributed by atoms with Crippen molar-refractivity contribution in [1.29, 1.82) is 0 Å². The average Bonchev–Trinajstić information content (AvgIpc) is 3.77. The summed E-state index contributed by atoms with van der Waals surface area (Å²) in [5.74, 6) is 2.34. The van der Waals surface area contributed by atoms with Crippen LogP contribution in [0.15, 0.2) is 85.2 Å². The van der Waals surface area contributed by atoms with Gasteiger partial charge in [-0.3, -0.25) is 14.5 Å². The second-order valence-corrected chi connectivity index (χ2v) is 14.6. The molecular weight excluding hydrogens is 721 g/mol. The van der Waals surface area contributed by atoms with E-state index >= 15 is 0 Å². The van der Waals surface area contributed by atoms with E-state index in [-0.39, 0.29) is 29.4 Å². The Morgan fingerprint density at radius 3 is 1.49 bits per heavy atom. The van der Waals surface area contributed by atoms with E-state index in [4.69, 9.17) is 5.11 Å². The van der Waals surface area contributed by atoms with Crippen molar-refractivity contribution in [3.63, 3.8) is 0 Å². The Bertz CT molecular complexity index is 1810. The number of aromatic hydroxyl groups is 2. The lowest BCUT2D eigenvalue weighted by Crippen LogP contribution is -2.52. The lowest BCUT2D eigenvalue weighted by atomic mass is 10.1. The van der Waals surface area contributed by atoms with Crippen LogP contribution in [-0.2, 0) is 22.7 Å². The summed E-state index contributed by atoms with van der Waals surface area (Å²) in [5, 5.41) is 31.0. The van der Waals surface area contributed by atoms with Gasteiger partial charge in [0.25, 0.3) is 5.91 Å². The molecule has 2 amide bonds. The average molecular weight is 781 g/mol. The van der Waals surface area contributed by atoms with Crippen LogP contribution in [0.4, 0.5) is 11.6 Å². The Morgan fingerprint density at radius 2 is 1.05 bits per heavy atom. The molecule has 13 nitrogen and oxygen atoms in total. The van der Waals surface area contributed by atoms with Crippen molar-refractivity contribution in [3.8, 4) is 11.5 Å². The summed E-state index contributed by atoms with van der Waals surface area (Å²) in [7, 11) is 0. The maximum absolute atomic E-state index is 12.9. The quantitative estimate of drug-likeness (QED) is 0.213. The number of aromatic nitrogens is 2. The summed E-state index contributed by atoms with van der Waals surface area (Å²) in [5.41, 5.74) is 4.76. The van der Waals surface area contributed by atoms with Gasteiger partial charge >= 0.3 is 0 Å². The lowest BCUT2D eigenvalue weighted by molar-refractivity contribution is -0.135. The number of pyridine rings is 2. The minimum Gasteiger partial charge on any atom is -0.506 e. The minimum atomic E-state index is -0.782. The van der Waals surface area contributed by atoms with Crippen molar-refractivity contribution in [3.05, 3.63) is 107 Å². The van der Waals surface area contributed by atoms with E-state index < -0.39 is 6.10 Å². The van der Waals surface area contributed by atoms with Crippen molar-refractivity contribution < 1.29 is 24.9 Å². The van der Waals surface area contributed by atoms with Crippen molar-refractivity contribution in [2.45, 2.75) is 65.8 Å². The van der Waals surface area contributed by atoms with Crippen LogP contribution < -0.4 is 15.1 Å². The number of nitrogens with zero attached hydrogens (tertiary/aromatic N) is 7. The molecule has 4 aliphatic rings. The smallest absolute Gasteiger partial charge is 0.251 e. The first-order valence-corrected chi connectivity index (χ1v) is 20.2. The Morgan fingerprint density at radius 1 is 0.596 bits per heavy atom. The molecule has 1 unspecified atom stereocenters. The van der Waals surface area contributed by atoms with Crippen molar-refractivity contribution in [1.82, 2.24) is 30.0 Å². The van der Waals surface area contributed by atoms with E-state index in [0.717, 1.165) is 82.5 Å². The molecule has 2 aromatic heterocycles. The van der Waals surface area contributed by atoms with Gasteiger partial charge in [-0.05, 0) is 62.1 Å². The standard InChI is InChI=1S/C21H26N4O2.C12H15NO2.C9H13N3O.C2H6/c1-16-2-4-17(5-3-16)15-25-9-8-19(21(25)27)23-10-12-24(13-11-23)20-7-6-18(26)14-22-20;1-9-2-4-10(5-3-9)8-13-7-6-11(14)12(13)15;13-8-1-2-9(11-7-8)12-5-3-10-4-6-12;1-2/h2-7,14,19,26H,8-13,15H2,1H3;2-5,11,14H,6-8H2,1H3;1-2,7,10,13H,3-6H2;1-2H3/t;11-;;/m.0../s1. The first kappa shape index (κ1) is 42.9. The number of nitrogens with one attached hydrogen (secondary N) is 1. The molecule has 0 bridgehead atoms. The summed E-state index contributed by atoms with van der Waals surface area (Å²) in [6.07, 6.45) is 3.64. The molecule has 4 N–H and O–H groups in total. The maximum Gasteiger partial charge on any atom is 0.251 e. The molecular formula is C44H60N8O5. The number of likely N-dealkylation sites (tertiary alicyclic amines) is 2. The Balaban J connectivity index is 0.000000175. The summed E-state index contributed by atoms with van der Waals surface area (Å²) in [6.45, 7) is 18.3. The third-order valence-electron chi connectivity index (χ3n) is 10.5. The fourth-order valence-electron chi connectivity index (χ4n) is 7.21. The van der Waals surface area contributed by atoms with Crippen LogP contribution in [0.5, 0.6) is 11.5 Å². The maximum atomic E-state index is 12.9. The third-order valence-corrected chi connectivity index (χ3v) is 10.5. The minimum absolute atomic E-state index is 0.00498. The van der Waals surface area contributed by atoms with Gasteiger partial charge < -0.3 is 40.2 Å². The number of piperazine rings is 2. The summed E-state index contributed by atoms with van der Waals surface area (Å²) in [4.78, 5) is 43.2. The van der Waals surface area contributed by atoms with E-state index in [1.54, 1.807) is 17.0 Å². The summed E-state index contributed by atoms with van der Waals surface area (Å²) < 4.78 is 0. The number of hydrogen-bond donors (Lipinski definition) is 4. The number of carbonyl (C=O) groups is 2. The first-order valence-electron chi connectivity index (χ1n) is 20.2. The summed E-state index contributed by atoms with van der Waals surface area (Å²) in [6, 6.07) is 23.6. The van der Waals surface area contributed by atoms with Gasteiger partial charge in [-0.25, -0.2) is 9.97 Å². The molecule has 0 radical (unpaired) electrons. The van der Waals surface area contributed by atoms with Gasteiger partial charge in [-0.15, -0.1) is 0 Å². The molecule has 306 valence electrons.